The predicted molar refractivity (Wildman–Crippen MR) is 127 cm³/mol. The van der Waals surface area contributed by atoms with E-state index < -0.39 is 37.0 Å². The average molecular weight is 534 g/mol. The lowest BCUT2D eigenvalue weighted by atomic mass is 9.99. The van der Waals surface area contributed by atoms with Gasteiger partial charge in [0.1, 0.15) is 5.75 Å². The molecular weight excluding hydrogens is 504 g/mol. The molecule has 0 aliphatic rings. The van der Waals surface area contributed by atoms with Crippen LogP contribution in [-0.2, 0) is 9.59 Å². The number of carbonyl (C=O) groups is 2. The van der Waals surface area contributed by atoms with E-state index in [0.29, 0.717) is 5.75 Å². The Labute approximate surface area is 211 Å². The number of alkyl halides is 6. The minimum Gasteiger partial charge on any atom is -0.494 e. The minimum atomic E-state index is -4.52. The zero-order valence-corrected chi connectivity index (χ0v) is 20.6. The number of nitrogens with one attached hydrogen (secondary N) is 2. The van der Waals surface area contributed by atoms with Crippen molar-refractivity contribution in [2.24, 2.45) is 0 Å². The Morgan fingerprint density at radius 1 is 0.973 bits per heavy atom. The van der Waals surface area contributed by atoms with Gasteiger partial charge in [-0.2, -0.15) is 26.3 Å². The standard InChI is InChI=1S/C15H18F3N3O2.C10H11F3O/c1-9-4-5-13(21-7-9)11(6-15(16,17)18)12(14(23)19-3)8-20-10(2)22;11-10(12,13)7-4-8-14-9-5-2-1-3-6-9/h4-5,7H,6,8H2,1-3H3,(H,19,23)(H,20,22);1-3,5-6H,4,7-8H2/b12-11+;. The fraction of sp³-hybridized carbons (Fsp3) is 0.400. The number of carbonyl (C=O) groups excluding carboxylic acids is 2. The first kappa shape index (κ1) is 31.5. The lowest BCUT2D eigenvalue weighted by Gasteiger charge is -2.16. The molecule has 0 aliphatic carbocycles. The van der Waals surface area contributed by atoms with Gasteiger partial charge in [0.2, 0.25) is 11.8 Å². The second-order valence-corrected chi connectivity index (χ2v) is 7.84. The smallest absolute Gasteiger partial charge is 0.393 e. The number of hydrogen-bond donors (Lipinski definition) is 2. The summed E-state index contributed by atoms with van der Waals surface area (Å²) in [5.41, 5.74) is 0.405. The summed E-state index contributed by atoms with van der Waals surface area (Å²) in [6.45, 7) is 2.76. The van der Waals surface area contributed by atoms with Crippen LogP contribution in [0.1, 0.15) is 37.4 Å². The molecule has 1 heterocycles. The minimum absolute atomic E-state index is 0.00159. The van der Waals surface area contributed by atoms with Crippen LogP contribution in [0.4, 0.5) is 26.3 Å². The van der Waals surface area contributed by atoms with E-state index in [4.69, 9.17) is 4.74 Å². The first-order valence-corrected chi connectivity index (χ1v) is 11.1. The van der Waals surface area contributed by atoms with E-state index in [1.54, 1.807) is 37.3 Å². The summed E-state index contributed by atoms with van der Waals surface area (Å²) in [6.07, 6.45) is -9.29. The number of likely N-dealkylation sites (N-methyl/N-ethyl adjacent to an activating group) is 1. The van der Waals surface area contributed by atoms with Gasteiger partial charge in [0.05, 0.1) is 18.7 Å². The van der Waals surface area contributed by atoms with Crippen molar-refractivity contribution in [1.29, 1.82) is 0 Å². The number of pyridine rings is 1. The molecule has 2 N–H and O–H groups in total. The zero-order valence-electron chi connectivity index (χ0n) is 20.6. The number of rotatable bonds is 9. The number of para-hydroxylation sites is 1. The fourth-order valence-electron chi connectivity index (χ4n) is 2.87. The Morgan fingerprint density at radius 2 is 1.62 bits per heavy atom. The highest BCUT2D eigenvalue weighted by Gasteiger charge is 2.32. The quantitative estimate of drug-likeness (QED) is 0.258. The molecule has 0 aliphatic heterocycles. The van der Waals surface area contributed by atoms with Crippen molar-refractivity contribution in [2.45, 2.75) is 45.5 Å². The summed E-state index contributed by atoms with van der Waals surface area (Å²) < 4.78 is 79.0. The van der Waals surface area contributed by atoms with E-state index in [9.17, 15) is 35.9 Å². The van der Waals surface area contributed by atoms with Gasteiger partial charge in [-0.25, -0.2) is 0 Å². The summed E-state index contributed by atoms with van der Waals surface area (Å²) in [7, 11) is 1.31. The molecule has 0 spiro atoms. The molecule has 0 saturated heterocycles. The first-order valence-electron chi connectivity index (χ1n) is 11.1. The largest absolute Gasteiger partial charge is 0.494 e. The van der Waals surface area contributed by atoms with E-state index in [1.165, 1.54) is 26.2 Å². The maximum atomic E-state index is 12.9. The van der Waals surface area contributed by atoms with E-state index in [1.807, 2.05) is 6.07 Å². The zero-order chi connectivity index (χ0) is 28.1. The molecule has 6 nitrogen and oxygen atoms in total. The Bertz CT molecular complexity index is 1020. The molecule has 0 unspecified atom stereocenters. The summed E-state index contributed by atoms with van der Waals surface area (Å²) in [5, 5.41) is 4.65. The molecule has 0 atom stereocenters. The van der Waals surface area contributed by atoms with Crippen LogP contribution in [0, 0.1) is 6.92 Å². The molecule has 0 fully saturated rings. The highest BCUT2D eigenvalue weighted by Crippen LogP contribution is 2.32. The second-order valence-electron chi connectivity index (χ2n) is 7.84. The van der Waals surface area contributed by atoms with E-state index >= 15 is 0 Å². The first-order chi connectivity index (χ1) is 17.2. The molecule has 1 aromatic heterocycles. The van der Waals surface area contributed by atoms with Crippen LogP contribution in [0.3, 0.4) is 0 Å². The van der Waals surface area contributed by atoms with Gasteiger partial charge in [-0.05, 0) is 42.7 Å². The van der Waals surface area contributed by atoms with Crippen LogP contribution >= 0.6 is 0 Å². The van der Waals surface area contributed by atoms with Crippen LogP contribution in [-0.4, -0.2) is 49.4 Å². The van der Waals surface area contributed by atoms with Gasteiger partial charge in [0.15, 0.2) is 0 Å². The Morgan fingerprint density at radius 3 is 2.11 bits per heavy atom. The van der Waals surface area contributed by atoms with Gasteiger partial charge in [-0.3, -0.25) is 14.6 Å². The van der Waals surface area contributed by atoms with Gasteiger partial charge < -0.3 is 15.4 Å². The molecular formula is C25H29F6N3O3. The highest BCUT2D eigenvalue weighted by atomic mass is 19.4. The van der Waals surface area contributed by atoms with Crippen molar-refractivity contribution in [1.82, 2.24) is 15.6 Å². The lowest BCUT2D eigenvalue weighted by molar-refractivity contribution is -0.136. The Kier molecular flexibility index (Phi) is 12.6. The summed E-state index contributed by atoms with van der Waals surface area (Å²) in [5.74, 6) is -0.537. The van der Waals surface area contributed by atoms with Crippen LogP contribution in [0.15, 0.2) is 54.2 Å². The number of ether oxygens (including phenoxy) is 1. The van der Waals surface area contributed by atoms with Crippen LogP contribution in [0.25, 0.3) is 5.57 Å². The number of benzene rings is 1. The second kappa shape index (κ2) is 14.9. The van der Waals surface area contributed by atoms with Gasteiger partial charge in [0, 0.05) is 38.7 Å². The van der Waals surface area contributed by atoms with Crippen molar-refractivity contribution < 1.29 is 40.7 Å². The van der Waals surface area contributed by atoms with Crippen molar-refractivity contribution in [3.63, 3.8) is 0 Å². The third kappa shape index (κ3) is 13.9. The van der Waals surface area contributed by atoms with Crippen molar-refractivity contribution in [2.75, 3.05) is 20.2 Å². The molecule has 1 aromatic carbocycles. The number of halogens is 6. The fourth-order valence-corrected chi connectivity index (χ4v) is 2.87. The lowest BCUT2D eigenvalue weighted by Crippen LogP contribution is -2.31. The van der Waals surface area contributed by atoms with Crippen LogP contribution in [0.2, 0.25) is 0 Å². The van der Waals surface area contributed by atoms with E-state index in [-0.39, 0.29) is 36.4 Å². The van der Waals surface area contributed by atoms with Crippen LogP contribution < -0.4 is 15.4 Å². The number of allylic oxidation sites excluding steroid dienone is 1. The van der Waals surface area contributed by atoms with Crippen molar-refractivity contribution >= 4 is 17.4 Å². The molecule has 0 bridgehead atoms. The van der Waals surface area contributed by atoms with Crippen molar-refractivity contribution in [3.8, 4) is 5.75 Å². The Balaban J connectivity index is 0.000000417. The van der Waals surface area contributed by atoms with Gasteiger partial charge >= 0.3 is 12.4 Å². The summed E-state index contributed by atoms with van der Waals surface area (Å²) in [6, 6.07) is 11.8. The predicted octanol–water partition coefficient (Wildman–Crippen LogP) is 5.39. The summed E-state index contributed by atoms with van der Waals surface area (Å²) in [4.78, 5) is 27.0. The number of hydrogen-bond acceptors (Lipinski definition) is 4. The molecule has 37 heavy (non-hydrogen) atoms. The normalized spacial score (nSPS) is 12.0. The van der Waals surface area contributed by atoms with Gasteiger partial charge in [0.25, 0.3) is 0 Å². The number of nitrogens with zero attached hydrogens (tertiary/aromatic N) is 1. The molecule has 12 heteroatoms. The molecule has 0 radical (unpaired) electrons. The number of aromatic nitrogens is 1. The highest BCUT2D eigenvalue weighted by molar-refractivity contribution is 6.01. The number of aryl methyl sites for hydroxylation is 1. The third-order valence-corrected chi connectivity index (χ3v) is 4.59. The van der Waals surface area contributed by atoms with E-state index in [2.05, 4.69) is 15.6 Å². The summed E-state index contributed by atoms with van der Waals surface area (Å²) >= 11 is 0. The maximum absolute atomic E-state index is 12.9. The van der Waals surface area contributed by atoms with Crippen LogP contribution in [0.5, 0.6) is 5.75 Å². The monoisotopic (exact) mass is 533 g/mol. The average Bonchev–Trinajstić information content (AvgIpc) is 2.81. The molecule has 2 rings (SSSR count). The SMILES string of the molecule is CNC(=O)/C(CNC(C)=O)=C(\CC(F)(F)F)c1ccc(C)cn1.FC(F)(F)CCCOc1ccccc1. The Hall–Kier alpha value is -3.57. The molecule has 204 valence electrons. The van der Waals surface area contributed by atoms with Gasteiger partial charge in [-0.1, -0.05) is 24.3 Å². The van der Waals surface area contributed by atoms with E-state index in [0.717, 1.165) is 5.56 Å². The molecule has 2 amide bonds. The van der Waals surface area contributed by atoms with Crippen molar-refractivity contribution in [3.05, 3.63) is 65.5 Å². The third-order valence-electron chi connectivity index (χ3n) is 4.59. The van der Waals surface area contributed by atoms with Gasteiger partial charge in [-0.15, -0.1) is 0 Å². The molecule has 0 saturated carbocycles. The topological polar surface area (TPSA) is 80.3 Å². The maximum Gasteiger partial charge on any atom is 0.393 e. The number of amides is 2. The molecule has 2 aromatic rings.